The number of fused-ring (bicyclic) bond motifs is 1. The summed E-state index contributed by atoms with van der Waals surface area (Å²) in [4.78, 5) is 10.5. The Morgan fingerprint density at radius 3 is 2.88 bits per heavy atom. The van der Waals surface area contributed by atoms with Crippen LogP contribution in [0.1, 0.15) is 67.7 Å². The Morgan fingerprint density at radius 2 is 2.09 bits per heavy atom. The fourth-order valence-corrected chi connectivity index (χ4v) is 6.09. The second kappa shape index (κ2) is 9.77. The number of β-amino-alcohol motifs (C(OH)–C–C–N with tert-alkyl or cyclic N) is 1. The molecule has 1 saturated carbocycles. The summed E-state index contributed by atoms with van der Waals surface area (Å²) in [6.45, 7) is 5.83. The van der Waals surface area contributed by atoms with E-state index in [9.17, 15) is 10.2 Å². The highest BCUT2D eigenvalue weighted by Crippen LogP contribution is 2.45. The molecular weight excluding hydrogens is 433 g/mol. The number of alkyl halides is 1. The van der Waals surface area contributed by atoms with Gasteiger partial charge in [0, 0.05) is 31.0 Å². The van der Waals surface area contributed by atoms with Gasteiger partial charge in [0.05, 0.1) is 30.6 Å². The Hall–Kier alpha value is -2.26. The lowest BCUT2D eigenvalue weighted by Gasteiger charge is -2.36. The molecule has 5 unspecified atom stereocenters. The number of aromatic nitrogens is 2. The summed E-state index contributed by atoms with van der Waals surface area (Å²) in [5.41, 5.74) is 10.8. The number of phenolic OH excluding ortho intramolecular Hbond substituents is 1. The van der Waals surface area contributed by atoms with E-state index in [-0.39, 0.29) is 36.3 Å². The molecule has 3 heterocycles. The van der Waals surface area contributed by atoms with Crippen LogP contribution < -0.4 is 10.9 Å². The zero-order valence-corrected chi connectivity index (χ0v) is 20.0. The van der Waals surface area contributed by atoms with Crippen LogP contribution in [0.25, 0.3) is 5.57 Å². The molecule has 2 aliphatic heterocycles. The second-order valence-corrected chi connectivity index (χ2v) is 10.0. The van der Waals surface area contributed by atoms with Crippen molar-refractivity contribution in [2.75, 3.05) is 19.7 Å². The van der Waals surface area contributed by atoms with Crippen LogP contribution in [0.5, 0.6) is 5.75 Å². The second-order valence-electron chi connectivity index (χ2n) is 10.0. The van der Waals surface area contributed by atoms with Gasteiger partial charge in [-0.25, -0.2) is 14.8 Å². The number of phenols is 1. The lowest BCUT2D eigenvalue weighted by atomic mass is 9.71. The van der Waals surface area contributed by atoms with Crippen LogP contribution in [0.2, 0.25) is 0 Å². The summed E-state index contributed by atoms with van der Waals surface area (Å²) in [6, 6.07) is 5.39. The number of aliphatic hydroxyl groups is 1. The van der Waals surface area contributed by atoms with Gasteiger partial charge in [-0.05, 0) is 61.4 Å². The summed E-state index contributed by atoms with van der Waals surface area (Å²) in [5.74, 6) is 1.01. The molecule has 0 radical (unpaired) electrons. The van der Waals surface area contributed by atoms with Crippen molar-refractivity contribution in [3.05, 3.63) is 53.1 Å². The Labute approximate surface area is 200 Å². The van der Waals surface area contributed by atoms with Crippen LogP contribution in [0.4, 0.5) is 4.39 Å². The number of halogens is 1. The van der Waals surface area contributed by atoms with Crippen LogP contribution in [0.15, 0.2) is 30.5 Å². The van der Waals surface area contributed by atoms with E-state index in [0.29, 0.717) is 12.6 Å². The number of aromatic hydroxyl groups is 1. The number of nitrogens with zero attached hydrogens (tertiary/aromatic N) is 2. The third-order valence-corrected chi connectivity index (χ3v) is 8.07. The summed E-state index contributed by atoms with van der Waals surface area (Å²) >= 11 is 0. The lowest BCUT2D eigenvalue weighted by Crippen LogP contribution is -2.45. The van der Waals surface area contributed by atoms with E-state index in [0.717, 1.165) is 54.9 Å². The van der Waals surface area contributed by atoms with E-state index in [2.05, 4.69) is 38.7 Å². The molecule has 5 rings (SSSR count). The molecule has 1 aromatic carbocycles. The SMILES string of the molecule is CCc1cc(O)ccc1C1CCC2C(c3ncc(C4=CC[C@H](C)N(CCO)C4)[nH]3)NNC2C1F. The molecule has 184 valence electrons. The highest BCUT2D eigenvalue weighted by Gasteiger charge is 2.48. The van der Waals surface area contributed by atoms with Crippen molar-refractivity contribution in [3.8, 4) is 5.75 Å². The highest BCUT2D eigenvalue weighted by atomic mass is 19.1. The van der Waals surface area contributed by atoms with Crippen LogP contribution in [0.3, 0.4) is 0 Å². The molecule has 2 fully saturated rings. The van der Waals surface area contributed by atoms with Gasteiger partial charge in [0.2, 0.25) is 0 Å². The quantitative estimate of drug-likeness (QED) is 0.446. The number of hydrazine groups is 1. The molecule has 1 aromatic heterocycles. The van der Waals surface area contributed by atoms with Crippen molar-refractivity contribution in [3.63, 3.8) is 0 Å². The fraction of sp³-hybridized carbons (Fsp3) is 0.577. The molecule has 1 aliphatic carbocycles. The van der Waals surface area contributed by atoms with Crippen LogP contribution in [-0.2, 0) is 6.42 Å². The van der Waals surface area contributed by atoms with Crippen molar-refractivity contribution < 1.29 is 14.6 Å². The summed E-state index contributed by atoms with van der Waals surface area (Å²) < 4.78 is 15.8. The number of rotatable bonds is 6. The average Bonchev–Trinajstić information content (AvgIpc) is 3.49. The minimum Gasteiger partial charge on any atom is -0.508 e. The van der Waals surface area contributed by atoms with Crippen LogP contribution in [-0.4, -0.2) is 63.0 Å². The molecule has 6 atom stereocenters. The highest BCUT2D eigenvalue weighted by molar-refractivity contribution is 5.64. The van der Waals surface area contributed by atoms with Gasteiger partial charge in [-0.3, -0.25) is 10.3 Å². The first-order valence-corrected chi connectivity index (χ1v) is 12.6. The van der Waals surface area contributed by atoms with Crippen molar-refractivity contribution in [2.24, 2.45) is 5.92 Å². The number of aliphatic hydroxyl groups excluding tert-OH is 1. The Morgan fingerprint density at radius 1 is 1.24 bits per heavy atom. The largest absolute Gasteiger partial charge is 0.508 e. The molecule has 3 aliphatic rings. The fourth-order valence-electron chi connectivity index (χ4n) is 6.09. The predicted octanol–water partition coefficient (Wildman–Crippen LogP) is 3.20. The maximum absolute atomic E-state index is 15.8. The Kier molecular flexibility index (Phi) is 6.75. The van der Waals surface area contributed by atoms with Crippen molar-refractivity contribution in [1.82, 2.24) is 25.7 Å². The normalized spacial score (nSPS) is 31.9. The summed E-state index contributed by atoms with van der Waals surface area (Å²) in [6.07, 6.45) is 6.50. The molecule has 0 spiro atoms. The zero-order valence-electron chi connectivity index (χ0n) is 20.0. The number of nitrogens with one attached hydrogen (secondary N) is 3. The molecule has 5 N–H and O–H groups in total. The zero-order chi connectivity index (χ0) is 23.8. The van der Waals surface area contributed by atoms with E-state index in [1.54, 1.807) is 12.1 Å². The topological polar surface area (TPSA) is 96.4 Å². The van der Waals surface area contributed by atoms with Crippen LogP contribution >= 0.6 is 0 Å². The van der Waals surface area contributed by atoms with Crippen LogP contribution in [0, 0.1) is 5.92 Å². The number of benzene rings is 1. The minimum atomic E-state index is -1.02. The molecule has 1 saturated heterocycles. The molecule has 34 heavy (non-hydrogen) atoms. The first-order chi connectivity index (χ1) is 16.5. The summed E-state index contributed by atoms with van der Waals surface area (Å²) in [7, 11) is 0. The van der Waals surface area contributed by atoms with E-state index in [4.69, 9.17) is 0 Å². The van der Waals surface area contributed by atoms with E-state index < -0.39 is 6.17 Å². The standard InChI is InChI=1S/C26H36FN5O2/c1-3-16-12-18(34)6-7-19(16)20-8-9-21-24(23(20)27)30-31-25(21)26-28-13-22(29-26)17-5-4-15(2)32(14-17)10-11-33/h5-7,12-13,15,20-21,23-25,30-31,33-34H,3-4,8-11,14H2,1-2H3,(H,28,29)/t15-,20?,21?,23?,24?,25?/m0/s1. The number of H-pyrrole nitrogens is 1. The average molecular weight is 470 g/mol. The van der Waals surface area contributed by atoms with Gasteiger partial charge in [-0.2, -0.15) is 0 Å². The molecule has 0 bridgehead atoms. The van der Waals surface area contributed by atoms with Gasteiger partial charge in [0.25, 0.3) is 0 Å². The third kappa shape index (κ3) is 4.28. The van der Waals surface area contributed by atoms with E-state index >= 15 is 4.39 Å². The van der Waals surface area contributed by atoms with E-state index in [1.807, 2.05) is 19.2 Å². The Bertz CT molecular complexity index is 1040. The van der Waals surface area contributed by atoms with Crippen molar-refractivity contribution >= 4 is 5.57 Å². The maximum Gasteiger partial charge on any atom is 0.125 e. The monoisotopic (exact) mass is 469 g/mol. The first kappa shape index (κ1) is 23.5. The van der Waals surface area contributed by atoms with Gasteiger partial charge in [-0.1, -0.05) is 19.1 Å². The number of aromatic amines is 1. The van der Waals surface area contributed by atoms with Gasteiger partial charge in [0.1, 0.15) is 17.7 Å². The number of imidazole rings is 1. The smallest absolute Gasteiger partial charge is 0.125 e. The predicted molar refractivity (Wildman–Crippen MR) is 130 cm³/mol. The molecule has 8 heteroatoms. The van der Waals surface area contributed by atoms with Gasteiger partial charge in [-0.15, -0.1) is 0 Å². The van der Waals surface area contributed by atoms with E-state index in [1.165, 1.54) is 5.57 Å². The van der Waals surface area contributed by atoms with Gasteiger partial charge in [0.15, 0.2) is 0 Å². The number of hydrogen-bond donors (Lipinski definition) is 5. The first-order valence-electron chi connectivity index (χ1n) is 12.6. The molecular formula is C26H36FN5O2. The van der Waals surface area contributed by atoms with Crippen molar-refractivity contribution in [1.29, 1.82) is 0 Å². The number of hydrogen-bond acceptors (Lipinski definition) is 6. The Balaban J connectivity index is 1.30. The summed E-state index contributed by atoms with van der Waals surface area (Å²) in [5, 5.41) is 19.2. The molecule has 2 aromatic rings. The van der Waals surface area contributed by atoms with Gasteiger partial charge < -0.3 is 15.2 Å². The van der Waals surface area contributed by atoms with Crippen molar-refractivity contribution in [2.45, 2.75) is 69.7 Å². The lowest BCUT2D eigenvalue weighted by molar-refractivity contribution is 0.135. The van der Waals surface area contributed by atoms with Gasteiger partial charge >= 0.3 is 0 Å². The minimum absolute atomic E-state index is 0.0694. The maximum atomic E-state index is 15.8. The molecule has 7 nitrogen and oxygen atoms in total. The third-order valence-electron chi connectivity index (χ3n) is 8.07. The molecule has 0 amide bonds. The number of aryl methyl sites for hydroxylation is 1.